The molecular weight excluding hydrogens is 515 g/mol. The fourth-order valence-electron chi connectivity index (χ4n) is 3.28. The molecule has 0 radical (unpaired) electrons. The molecule has 1 saturated heterocycles. The van der Waals surface area contributed by atoms with Gasteiger partial charge in [-0.2, -0.15) is 17.7 Å². The summed E-state index contributed by atoms with van der Waals surface area (Å²) in [6.07, 6.45) is -0.0396. The lowest BCUT2D eigenvalue weighted by molar-refractivity contribution is -0.0218. The average Bonchev–Trinajstić information content (AvgIpc) is 3.16. The van der Waals surface area contributed by atoms with Crippen LogP contribution in [0.1, 0.15) is 28.0 Å². The predicted molar refractivity (Wildman–Crippen MR) is 127 cm³/mol. The standard InChI is InChI=1S/C22H29FN4O9S/c1-14-11-19(15(2)10-17(14)23)36-22(29)25-21-24-18(13-35-21)20(28)26-37(30,31)27-5-4-16(34-7-6-27)12-33-9-8-32-3/h10-11,13,16H,4-9,12H2,1-3H3,(H,26,28)(H,24,25,29)/t16-/m0/s1. The quantitative estimate of drug-likeness (QED) is 0.422. The summed E-state index contributed by atoms with van der Waals surface area (Å²) in [5, 5.41) is 2.18. The highest BCUT2D eigenvalue weighted by atomic mass is 32.2. The summed E-state index contributed by atoms with van der Waals surface area (Å²) >= 11 is 0. The highest BCUT2D eigenvalue weighted by molar-refractivity contribution is 7.87. The first-order valence-corrected chi connectivity index (χ1v) is 12.7. The Hall–Kier alpha value is -3.11. The molecule has 1 aliphatic rings. The van der Waals surface area contributed by atoms with E-state index in [1.165, 1.54) is 19.1 Å². The zero-order chi connectivity index (χ0) is 27.0. The van der Waals surface area contributed by atoms with E-state index in [0.717, 1.165) is 10.6 Å². The van der Waals surface area contributed by atoms with Crippen molar-refractivity contribution in [2.75, 3.05) is 51.9 Å². The molecule has 0 aliphatic carbocycles. The largest absolute Gasteiger partial charge is 0.431 e. The average molecular weight is 545 g/mol. The maximum Gasteiger partial charge on any atom is 0.420 e. The number of halogens is 1. The molecule has 2 N–H and O–H groups in total. The number of amides is 2. The number of hydrogen-bond acceptors (Lipinski definition) is 10. The molecule has 0 unspecified atom stereocenters. The summed E-state index contributed by atoms with van der Waals surface area (Å²) in [6.45, 7) is 4.48. The van der Waals surface area contributed by atoms with Gasteiger partial charge in [-0.1, -0.05) is 0 Å². The number of nitrogens with zero attached hydrogens (tertiary/aromatic N) is 2. The first-order valence-electron chi connectivity index (χ1n) is 11.3. The second kappa shape index (κ2) is 12.9. The van der Waals surface area contributed by atoms with Gasteiger partial charge in [-0.25, -0.2) is 19.2 Å². The smallest absolute Gasteiger partial charge is 0.420 e. The van der Waals surface area contributed by atoms with Gasteiger partial charge in [0.1, 0.15) is 17.8 Å². The van der Waals surface area contributed by atoms with Crippen LogP contribution in [0.25, 0.3) is 0 Å². The Balaban J connectivity index is 1.52. The summed E-state index contributed by atoms with van der Waals surface area (Å²) < 4.78 is 68.1. The van der Waals surface area contributed by atoms with Crippen LogP contribution >= 0.6 is 0 Å². The van der Waals surface area contributed by atoms with E-state index >= 15 is 0 Å². The molecule has 2 amide bonds. The number of hydrogen-bond donors (Lipinski definition) is 2. The number of aryl methyl sites for hydroxylation is 2. The number of anilines is 1. The zero-order valence-electron chi connectivity index (χ0n) is 20.6. The van der Waals surface area contributed by atoms with Gasteiger partial charge in [0.2, 0.25) is 0 Å². The number of nitrogens with one attached hydrogen (secondary N) is 2. The highest BCUT2D eigenvalue weighted by Crippen LogP contribution is 2.22. The molecule has 0 saturated carbocycles. The summed E-state index contributed by atoms with van der Waals surface area (Å²) in [6, 6.07) is 2.18. The molecule has 2 heterocycles. The highest BCUT2D eigenvalue weighted by Gasteiger charge is 2.29. The van der Waals surface area contributed by atoms with Gasteiger partial charge in [-0.3, -0.25) is 4.79 Å². The second-order valence-corrected chi connectivity index (χ2v) is 9.77. The van der Waals surface area contributed by atoms with E-state index in [1.54, 1.807) is 14.0 Å². The molecule has 0 bridgehead atoms. The Bertz CT molecular complexity index is 1200. The Morgan fingerprint density at radius 1 is 1.22 bits per heavy atom. The fourth-order valence-corrected chi connectivity index (χ4v) is 4.41. The Morgan fingerprint density at radius 3 is 2.76 bits per heavy atom. The first-order chi connectivity index (χ1) is 17.6. The number of benzene rings is 1. The normalized spacial score (nSPS) is 16.7. The summed E-state index contributed by atoms with van der Waals surface area (Å²) in [7, 11) is -2.64. The number of ether oxygens (including phenoxy) is 4. The molecule has 1 aromatic carbocycles. The fraction of sp³-hybridized carbons (Fsp3) is 0.500. The molecule has 1 aliphatic heterocycles. The molecule has 1 aromatic heterocycles. The molecule has 15 heteroatoms. The van der Waals surface area contributed by atoms with Crippen LogP contribution in [0.3, 0.4) is 0 Å². The molecule has 2 aromatic rings. The predicted octanol–water partition coefficient (Wildman–Crippen LogP) is 1.77. The van der Waals surface area contributed by atoms with Crippen molar-refractivity contribution in [3.8, 4) is 5.75 Å². The third kappa shape index (κ3) is 8.19. The maximum atomic E-state index is 13.6. The molecule has 37 heavy (non-hydrogen) atoms. The van der Waals surface area contributed by atoms with Crippen molar-refractivity contribution >= 4 is 28.2 Å². The van der Waals surface area contributed by atoms with Crippen molar-refractivity contribution in [3.63, 3.8) is 0 Å². The first kappa shape index (κ1) is 28.5. The minimum Gasteiger partial charge on any atom is -0.431 e. The van der Waals surface area contributed by atoms with Crippen molar-refractivity contribution in [1.29, 1.82) is 0 Å². The van der Waals surface area contributed by atoms with Crippen LogP contribution < -0.4 is 14.8 Å². The Labute approximate surface area is 213 Å². The van der Waals surface area contributed by atoms with E-state index < -0.39 is 34.0 Å². The molecule has 3 rings (SSSR count). The lowest BCUT2D eigenvalue weighted by atomic mass is 10.1. The van der Waals surface area contributed by atoms with Crippen LogP contribution in [0, 0.1) is 19.7 Å². The van der Waals surface area contributed by atoms with Crippen molar-refractivity contribution in [1.82, 2.24) is 14.0 Å². The third-order valence-electron chi connectivity index (χ3n) is 5.30. The minimum atomic E-state index is -4.20. The lowest BCUT2D eigenvalue weighted by Gasteiger charge is -2.19. The van der Waals surface area contributed by atoms with Gasteiger partial charge >= 0.3 is 22.3 Å². The van der Waals surface area contributed by atoms with Gasteiger partial charge in [-0.05, 0) is 43.5 Å². The molecule has 1 atom stereocenters. The molecule has 13 nitrogen and oxygen atoms in total. The van der Waals surface area contributed by atoms with Gasteiger partial charge in [0.05, 0.1) is 32.5 Å². The van der Waals surface area contributed by atoms with E-state index in [9.17, 15) is 22.4 Å². The number of methoxy groups -OCH3 is 1. The van der Waals surface area contributed by atoms with Crippen LogP contribution in [0.4, 0.5) is 15.2 Å². The Kier molecular flexibility index (Phi) is 9.93. The SMILES string of the molecule is COCCOC[C@@H]1CCN(S(=O)(=O)NC(=O)c2coc(NC(=O)Oc3cc(C)c(F)cc3C)n2)CCO1. The summed E-state index contributed by atoms with van der Waals surface area (Å²) in [5.41, 5.74) is 0.287. The number of carbonyl (C=O) groups excluding carboxylic acids is 2. The van der Waals surface area contributed by atoms with E-state index in [1.807, 2.05) is 4.72 Å². The van der Waals surface area contributed by atoms with E-state index in [4.69, 9.17) is 23.4 Å². The van der Waals surface area contributed by atoms with Crippen LogP contribution in [-0.2, 0) is 24.4 Å². The van der Waals surface area contributed by atoms with Gasteiger partial charge in [0.25, 0.3) is 5.91 Å². The lowest BCUT2D eigenvalue weighted by Crippen LogP contribution is -2.44. The van der Waals surface area contributed by atoms with E-state index in [-0.39, 0.29) is 42.8 Å². The van der Waals surface area contributed by atoms with E-state index in [2.05, 4.69) is 10.3 Å². The number of carbonyl (C=O) groups is 2. The minimum absolute atomic E-state index is 0.0386. The molecule has 0 spiro atoms. The van der Waals surface area contributed by atoms with Crippen LogP contribution in [0.5, 0.6) is 5.75 Å². The van der Waals surface area contributed by atoms with Gasteiger partial charge < -0.3 is 23.4 Å². The number of oxazole rings is 1. The van der Waals surface area contributed by atoms with E-state index in [0.29, 0.717) is 31.8 Å². The molecule has 1 fully saturated rings. The van der Waals surface area contributed by atoms with Crippen molar-refractivity contribution < 1.29 is 45.8 Å². The number of rotatable bonds is 10. The van der Waals surface area contributed by atoms with Gasteiger partial charge in [-0.15, -0.1) is 0 Å². The second-order valence-electron chi connectivity index (χ2n) is 8.10. The van der Waals surface area contributed by atoms with Gasteiger partial charge in [0.15, 0.2) is 5.69 Å². The van der Waals surface area contributed by atoms with Crippen LogP contribution in [-0.4, -0.2) is 82.4 Å². The van der Waals surface area contributed by atoms with Crippen molar-refractivity contribution in [3.05, 3.63) is 41.0 Å². The van der Waals surface area contributed by atoms with Crippen molar-refractivity contribution in [2.24, 2.45) is 0 Å². The monoisotopic (exact) mass is 544 g/mol. The maximum absolute atomic E-state index is 13.6. The zero-order valence-corrected chi connectivity index (χ0v) is 21.4. The molecular formula is C22H29FN4O9S. The van der Waals surface area contributed by atoms with Crippen molar-refractivity contribution in [2.45, 2.75) is 26.4 Å². The number of aromatic nitrogens is 1. The van der Waals surface area contributed by atoms with Gasteiger partial charge in [0, 0.05) is 20.2 Å². The Morgan fingerprint density at radius 2 is 2.00 bits per heavy atom. The summed E-state index contributed by atoms with van der Waals surface area (Å²) in [5.74, 6) is -1.37. The topological polar surface area (TPSA) is 159 Å². The summed E-state index contributed by atoms with van der Waals surface area (Å²) in [4.78, 5) is 28.4. The third-order valence-corrected chi connectivity index (χ3v) is 6.78. The van der Waals surface area contributed by atoms with Crippen LogP contribution in [0.15, 0.2) is 22.8 Å². The van der Waals surface area contributed by atoms with Crippen LogP contribution in [0.2, 0.25) is 0 Å². The molecule has 204 valence electrons.